The van der Waals surface area contributed by atoms with Crippen LogP contribution < -0.4 is 4.90 Å². The molecule has 0 aliphatic rings. The molecule has 0 atom stereocenters. The summed E-state index contributed by atoms with van der Waals surface area (Å²) in [7, 11) is 1.73. The fourth-order valence-electron chi connectivity index (χ4n) is 1.44. The van der Waals surface area contributed by atoms with Gasteiger partial charge in [0, 0.05) is 30.8 Å². The van der Waals surface area contributed by atoms with Crippen LogP contribution in [0.3, 0.4) is 0 Å². The normalized spacial score (nSPS) is 12.2. The van der Waals surface area contributed by atoms with E-state index in [1.54, 1.807) is 55.3 Å². The van der Waals surface area contributed by atoms with Crippen LogP contribution in [-0.4, -0.2) is 28.7 Å². The van der Waals surface area contributed by atoms with Gasteiger partial charge < -0.3 is 4.90 Å². The Hall–Kier alpha value is -1.88. The highest BCUT2D eigenvalue weighted by molar-refractivity contribution is 8.14. The van der Waals surface area contributed by atoms with E-state index in [4.69, 9.17) is 0 Å². The number of anilines is 1. The van der Waals surface area contributed by atoms with Gasteiger partial charge in [-0.15, -0.1) is 11.8 Å². The summed E-state index contributed by atoms with van der Waals surface area (Å²) >= 11 is 1.61. The third-order valence-corrected chi connectivity index (χ3v) is 3.80. The van der Waals surface area contributed by atoms with E-state index in [-0.39, 0.29) is 5.91 Å². The zero-order valence-electron chi connectivity index (χ0n) is 13.0. The van der Waals surface area contributed by atoms with Gasteiger partial charge in [-0.25, -0.2) is 0 Å². The minimum Gasteiger partial charge on any atom is -0.310 e. The molecule has 0 radical (unpaired) electrons. The molecule has 1 heterocycles. The molecule has 1 aromatic heterocycles. The summed E-state index contributed by atoms with van der Waals surface area (Å²) in [5.74, 6) is 0.746. The fourth-order valence-corrected chi connectivity index (χ4v) is 2.02. The number of hydrogen-bond acceptors (Lipinski definition) is 4. The molecule has 0 aromatic carbocycles. The van der Waals surface area contributed by atoms with Crippen molar-refractivity contribution in [3.8, 4) is 0 Å². The number of likely N-dealkylation sites (N-methyl/N-ethyl adjacent to an activating group) is 1. The van der Waals surface area contributed by atoms with Gasteiger partial charge in [-0.2, -0.15) is 0 Å². The second-order valence-electron chi connectivity index (χ2n) is 4.78. The van der Waals surface area contributed by atoms with Crippen LogP contribution in [0, 0.1) is 0 Å². The van der Waals surface area contributed by atoms with Crippen LogP contribution in [-0.2, 0) is 4.79 Å². The first-order valence-corrected chi connectivity index (χ1v) is 7.56. The molecule has 1 aromatic rings. The summed E-state index contributed by atoms with van der Waals surface area (Å²) < 4.78 is 0. The molecule has 0 bridgehead atoms. The van der Waals surface area contributed by atoms with E-state index in [0.717, 1.165) is 22.1 Å². The number of aliphatic imine (C=N–C) groups is 1. The Bertz CT molecular complexity index is 564. The summed E-state index contributed by atoms with van der Waals surface area (Å²) in [5, 5.41) is 0.911. The smallest absolute Gasteiger partial charge is 0.255 e. The topological polar surface area (TPSA) is 45.6 Å². The van der Waals surface area contributed by atoms with Crippen LogP contribution in [0.25, 0.3) is 0 Å². The highest BCUT2D eigenvalue weighted by Gasteiger charge is 2.12. The third-order valence-electron chi connectivity index (χ3n) is 2.64. The summed E-state index contributed by atoms with van der Waals surface area (Å²) in [6.45, 7) is 9.51. The predicted molar refractivity (Wildman–Crippen MR) is 91.8 cm³/mol. The number of hydrogen-bond donors (Lipinski definition) is 0. The molecule has 4 nitrogen and oxygen atoms in total. The number of nitrogens with zero attached hydrogens (tertiary/aromatic N) is 3. The molecule has 0 saturated carbocycles. The van der Waals surface area contributed by atoms with Crippen LogP contribution in [0.5, 0.6) is 0 Å². The van der Waals surface area contributed by atoms with Gasteiger partial charge in [0.25, 0.3) is 5.91 Å². The van der Waals surface area contributed by atoms with Gasteiger partial charge in [0.05, 0.1) is 16.9 Å². The van der Waals surface area contributed by atoms with E-state index in [1.165, 1.54) is 0 Å². The number of pyridine rings is 1. The lowest BCUT2D eigenvalue weighted by Crippen LogP contribution is -2.26. The highest BCUT2D eigenvalue weighted by Crippen LogP contribution is 2.13. The van der Waals surface area contributed by atoms with Gasteiger partial charge in [-0.1, -0.05) is 12.2 Å². The van der Waals surface area contributed by atoms with Gasteiger partial charge in [0.15, 0.2) is 0 Å². The lowest BCUT2D eigenvalue weighted by atomic mass is 10.2. The molecule has 1 rings (SSSR count). The molecular formula is C16H21N3OS. The van der Waals surface area contributed by atoms with E-state index in [2.05, 4.69) is 16.6 Å². The maximum Gasteiger partial charge on any atom is 0.255 e. The van der Waals surface area contributed by atoms with Crippen LogP contribution in [0.4, 0.5) is 5.69 Å². The van der Waals surface area contributed by atoms with Crippen LogP contribution in [0.2, 0.25) is 0 Å². The van der Waals surface area contributed by atoms with Crippen molar-refractivity contribution in [2.24, 2.45) is 4.99 Å². The Morgan fingerprint density at radius 3 is 2.76 bits per heavy atom. The molecular weight excluding hydrogens is 282 g/mol. The second-order valence-corrected chi connectivity index (χ2v) is 5.95. The molecule has 0 saturated heterocycles. The molecule has 112 valence electrons. The monoisotopic (exact) mass is 303 g/mol. The molecule has 0 aliphatic heterocycles. The molecule has 5 heteroatoms. The summed E-state index contributed by atoms with van der Waals surface area (Å²) in [5.41, 5.74) is 2.44. The summed E-state index contributed by atoms with van der Waals surface area (Å²) in [4.78, 5) is 22.1. The van der Waals surface area contributed by atoms with Crippen LogP contribution in [0.1, 0.15) is 20.8 Å². The van der Waals surface area contributed by atoms with Gasteiger partial charge in [0.2, 0.25) is 0 Å². The van der Waals surface area contributed by atoms with Crippen molar-refractivity contribution in [2.45, 2.75) is 20.8 Å². The summed E-state index contributed by atoms with van der Waals surface area (Å²) in [6, 6.07) is 3.64. The van der Waals surface area contributed by atoms with Crippen LogP contribution >= 0.6 is 11.8 Å². The number of amides is 1. The van der Waals surface area contributed by atoms with E-state index in [0.29, 0.717) is 5.57 Å². The standard InChI is InChI=1S/C16H21N3OS/c1-12(2)11-21-14(4)18-9-13(3)16(20)19(5)15-7-6-8-17-10-15/h6-10H,1,11H2,2-5H3/b13-9+,18-14?. The van der Waals surface area contributed by atoms with Gasteiger partial charge in [-0.3, -0.25) is 14.8 Å². The minimum atomic E-state index is -0.0931. The lowest BCUT2D eigenvalue weighted by molar-refractivity contribution is -0.114. The average molecular weight is 303 g/mol. The first-order valence-electron chi connectivity index (χ1n) is 6.58. The maximum absolute atomic E-state index is 12.3. The number of thioether (sulfide) groups is 1. The van der Waals surface area contributed by atoms with Crippen LogP contribution in [0.15, 0.2) is 53.4 Å². The van der Waals surface area contributed by atoms with E-state index < -0.39 is 0 Å². The van der Waals surface area contributed by atoms with Crippen molar-refractivity contribution in [1.29, 1.82) is 0 Å². The Labute approximate surface area is 130 Å². The van der Waals surface area contributed by atoms with Crippen molar-refractivity contribution < 1.29 is 4.79 Å². The molecule has 0 N–H and O–H groups in total. The predicted octanol–water partition coefficient (Wildman–Crippen LogP) is 3.68. The zero-order chi connectivity index (χ0) is 15.8. The maximum atomic E-state index is 12.3. The van der Waals surface area contributed by atoms with Crippen molar-refractivity contribution in [2.75, 3.05) is 17.7 Å². The Kier molecular flexibility index (Phi) is 6.88. The fraction of sp³-hybridized carbons (Fsp3) is 0.312. The largest absolute Gasteiger partial charge is 0.310 e. The quantitative estimate of drug-likeness (QED) is 0.361. The van der Waals surface area contributed by atoms with E-state index >= 15 is 0 Å². The number of rotatable bonds is 5. The van der Waals surface area contributed by atoms with E-state index in [1.807, 2.05) is 19.9 Å². The van der Waals surface area contributed by atoms with Crippen molar-refractivity contribution in [3.05, 3.63) is 48.5 Å². The Morgan fingerprint density at radius 2 is 2.19 bits per heavy atom. The van der Waals surface area contributed by atoms with Gasteiger partial charge in [0.1, 0.15) is 0 Å². The molecule has 0 unspecified atom stereocenters. The first kappa shape index (κ1) is 17.2. The first-order chi connectivity index (χ1) is 9.91. The van der Waals surface area contributed by atoms with Gasteiger partial charge >= 0.3 is 0 Å². The SMILES string of the molecule is C=C(C)CSC(C)=N/C=C(\C)C(=O)N(C)c1cccnc1. The zero-order valence-corrected chi connectivity index (χ0v) is 13.8. The van der Waals surface area contributed by atoms with Crippen molar-refractivity contribution in [1.82, 2.24) is 4.98 Å². The second kappa shape index (κ2) is 8.42. The number of carbonyl (C=O) groups is 1. The minimum absolute atomic E-state index is 0.0931. The molecule has 0 aliphatic carbocycles. The average Bonchev–Trinajstić information content (AvgIpc) is 2.49. The van der Waals surface area contributed by atoms with Crippen molar-refractivity contribution >= 4 is 28.4 Å². The molecule has 1 amide bonds. The highest BCUT2D eigenvalue weighted by atomic mass is 32.2. The lowest BCUT2D eigenvalue weighted by Gasteiger charge is -2.16. The molecule has 0 spiro atoms. The number of aromatic nitrogens is 1. The van der Waals surface area contributed by atoms with Crippen molar-refractivity contribution in [3.63, 3.8) is 0 Å². The molecule has 21 heavy (non-hydrogen) atoms. The Morgan fingerprint density at radius 1 is 1.48 bits per heavy atom. The molecule has 0 fully saturated rings. The Balaban J connectivity index is 2.71. The third kappa shape index (κ3) is 5.95. The van der Waals surface area contributed by atoms with E-state index in [9.17, 15) is 4.79 Å². The summed E-state index contributed by atoms with van der Waals surface area (Å²) in [6.07, 6.45) is 4.94. The number of carbonyl (C=O) groups excluding carboxylic acids is 1. The van der Waals surface area contributed by atoms with Gasteiger partial charge in [-0.05, 0) is 32.9 Å².